The Morgan fingerprint density at radius 2 is 2.05 bits per heavy atom. The highest BCUT2D eigenvalue weighted by Crippen LogP contribution is 2.24. The van der Waals surface area contributed by atoms with Gasteiger partial charge in [0.05, 0.1) is 5.56 Å². The van der Waals surface area contributed by atoms with Gasteiger partial charge in [0.15, 0.2) is 0 Å². The Morgan fingerprint density at radius 1 is 1.26 bits per heavy atom. The van der Waals surface area contributed by atoms with Gasteiger partial charge in [-0.2, -0.15) is 0 Å². The monoisotopic (exact) mass is 291 g/mol. The van der Waals surface area contributed by atoms with Crippen LogP contribution >= 0.6 is 23.8 Å². The second-order valence-electron chi connectivity index (χ2n) is 4.28. The van der Waals surface area contributed by atoms with Gasteiger partial charge < -0.3 is 10.5 Å². The fourth-order valence-electron chi connectivity index (χ4n) is 1.78. The molecule has 0 spiro atoms. The molecule has 0 bridgehead atoms. The highest BCUT2D eigenvalue weighted by molar-refractivity contribution is 7.80. The molecule has 98 valence electrons. The normalized spacial score (nSPS) is 10.2. The Kier molecular flexibility index (Phi) is 4.40. The molecule has 0 saturated carbocycles. The van der Waals surface area contributed by atoms with Gasteiger partial charge in [0.1, 0.15) is 17.3 Å². The Morgan fingerprint density at radius 3 is 2.74 bits per heavy atom. The number of aryl methyl sites for hydroxylation is 1. The quantitative estimate of drug-likeness (QED) is 0.869. The molecule has 0 saturated heterocycles. The van der Waals surface area contributed by atoms with Crippen molar-refractivity contribution in [1.29, 1.82) is 0 Å². The first-order valence-electron chi connectivity index (χ1n) is 5.84. The van der Waals surface area contributed by atoms with Crippen molar-refractivity contribution in [2.45, 2.75) is 13.5 Å². The lowest BCUT2D eigenvalue weighted by Gasteiger charge is -2.11. The van der Waals surface area contributed by atoms with Crippen LogP contribution in [0.3, 0.4) is 0 Å². The van der Waals surface area contributed by atoms with Crippen molar-refractivity contribution >= 4 is 28.8 Å². The van der Waals surface area contributed by atoms with E-state index in [0.29, 0.717) is 27.9 Å². The minimum atomic E-state index is 0.302. The summed E-state index contributed by atoms with van der Waals surface area (Å²) in [5.41, 5.74) is 8.65. The van der Waals surface area contributed by atoms with Crippen LogP contribution in [-0.2, 0) is 6.61 Å². The van der Waals surface area contributed by atoms with Gasteiger partial charge in [0.25, 0.3) is 0 Å². The first-order chi connectivity index (χ1) is 9.06. The molecule has 0 unspecified atom stereocenters. The Balaban J connectivity index is 2.19. The van der Waals surface area contributed by atoms with Gasteiger partial charge in [0, 0.05) is 5.02 Å². The Hall–Kier alpha value is -1.58. The number of hydrogen-bond acceptors (Lipinski definition) is 2. The van der Waals surface area contributed by atoms with Crippen LogP contribution in [0.5, 0.6) is 5.75 Å². The van der Waals surface area contributed by atoms with Gasteiger partial charge in [-0.1, -0.05) is 53.6 Å². The highest BCUT2D eigenvalue weighted by atomic mass is 35.5. The molecule has 2 aromatic carbocycles. The summed E-state index contributed by atoms with van der Waals surface area (Å²) < 4.78 is 5.77. The summed E-state index contributed by atoms with van der Waals surface area (Å²) in [6, 6.07) is 13.4. The summed E-state index contributed by atoms with van der Waals surface area (Å²) >= 11 is 11.0. The van der Waals surface area contributed by atoms with E-state index in [-0.39, 0.29) is 0 Å². The van der Waals surface area contributed by atoms with E-state index in [1.165, 1.54) is 5.56 Å². The molecular weight excluding hydrogens is 278 g/mol. The van der Waals surface area contributed by atoms with E-state index in [1.54, 1.807) is 18.2 Å². The van der Waals surface area contributed by atoms with Gasteiger partial charge in [-0.3, -0.25) is 0 Å². The van der Waals surface area contributed by atoms with Crippen LogP contribution < -0.4 is 10.5 Å². The molecule has 0 amide bonds. The second-order valence-corrected chi connectivity index (χ2v) is 5.16. The number of rotatable bonds is 4. The molecule has 2 rings (SSSR count). The fraction of sp³-hybridized carbons (Fsp3) is 0.133. The molecule has 2 nitrogen and oxygen atoms in total. The van der Waals surface area contributed by atoms with Gasteiger partial charge in [-0.05, 0) is 30.7 Å². The molecule has 2 N–H and O–H groups in total. The zero-order chi connectivity index (χ0) is 13.8. The van der Waals surface area contributed by atoms with E-state index in [9.17, 15) is 0 Å². The molecule has 0 radical (unpaired) electrons. The van der Waals surface area contributed by atoms with Gasteiger partial charge in [-0.25, -0.2) is 0 Å². The van der Waals surface area contributed by atoms with Crippen LogP contribution in [0.2, 0.25) is 5.02 Å². The fourth-order valence-corrected chi connectivity index (χ4v) is 2.11. The number of halogens is 1. The van der Waals surface area contributed by atoms with Crippen LogP contribution in [-0.4, -0.2) is 4.99 Å². The number of nitrogens with two attached hydrogens (primary N) is 1. The van der Waals surface area contributed by atoms with Crippen molar-refractivity contribution in [3.8, 4) is 5.75 Å². The van der Waals surface area contributed by atoms with Crippen LogP contribution in [0.1, 0.15) is 16.7 Å². The topological polar surface area (TPSA) is 35.2 Å². The van der Waals surface area contributed by atoms with E-state index in [4.69, 9.17) is 34.3 Å². The molecule has 0 fully saturated rings. The lowest BCUT2D eigenvalue weighted by molar-refractivity contribution is 0.305. The predicted molar refractivity (Wildman–Crippen MR) is 82.9 cm³/mol. The smallest absolute Gasteiger partial charge is 0.131 e. The molecular formula is C15H14ClNOS. The Bertz CT molecular complexity index is 613. The zero-order valence-electron chi connectivity index (χ0n) is 10.5. The van der Waals surface area contributed by atoms with E-state index < -0.39 is 0 Å². The van der Waals surface area contributed by atoms with Gasteiger partial charge >= 0.3 is 0 Å². The summed E-state index contributed by atoms with van der Waals surface area (Å²) in [7, 11) is 0. The summed E-state index contributed by atoms with van der Waals surface area (Å²) in [5, 5.41) is 0.597. The zero-order valence-corrected chi connectivity index (χ0v) is 12.1. The average molecular weight is 292 g/mol. The summed E-state index contributed by atoms with van der Waals surface area (Å²) in [5.74, 6) is 0.613. The van der Waals surface area contributed by atoms with Crippen molar-refractivity contribution in [1.82, 2.24) is 0 Å². The number of hydrogen-bond donors (Lipinski definition) is 1. The maximum Gasteiger partial charge on any atom is 0.131 e. The van der Waals surface area contributed by atoms with Crippen molar-refractivity contribution in [3.05, 3.63) is 64.2 Å². The molecule has 0 aliphatic rings. The van der Waals surface area contributed by atoms with E-state index in [2.05, 4.69) is 6.07 Å². The van der Waals surface area contributed by atoms with Crippen molar-refractivity contribution in [2.24, 2.45) is 5.73 Å². The third-order valence-corrected chi connectivity index (χ3v) is 3.14. The molecule has 0 heterocycles. The highest BCUT2D eigenvalue weighted by Gasteiger charge is 2.07. The van der Waals surface area contributed by atoms with Crippen LogP contribution in [0.4, 0.5) is 0 Å². The van der Waals surface area contributed by atoms with Crippen molar-refractivity contribution in [2.75, 3.05) is 0 Å². The summed E-state index contributed by atoms with van der Waals surface area (Å²) in [4.78, 5) is 0.302. The minimum Gasteiger partial charge on any atom is -0.488 e. The Labute approximate surface area is 123 Å². The SMILES string of the molecule is Cc1cccc(COc2cc(Cl)ccc2C(N)=S)c1. The lowest BCUT2D eigenvalue weighted by Crippen LogP contribution is -2.11. The number of ether oxygens (including phenoxy) is 1. The average Bonchev–Trinajstić information content (AvgIpc) is 2.36. The first kappa shape index (κ1) is 13.8. The van der Waals surface area contributed by atoms with Crippen molar-refractivity contribution < 1.29 is 4.74 Å². The van der Waals surface area contributed by atoms with Crippen molar-refractivity contribution in [3.63, 3.8) is 0 Å². The molecule has 0 aliphatic heterocycles. The third kappa shape index (κ3) is 3.69. The van der Waals surface area contributed by atoms with Gasteiger partial charge in [0.2, 0.25) is 0 Å². The van der Waals surface area contributed by atoms with Gasteiger partial charge in [-0.15, -0.1) is 0 Å². The summed E-state index contributed by atoms with van der Waals surface area (Å²) in [6.45, 7) is 2.50. The standard InChI is InChI=1S/C15H14ClNOS/c1-10-3-2-4-11(7-10)9-18-14-8-12(16)5-6-13(14)15(17)19/h2-8H,9H2,1H3,(H2,17,19). The maximum atomic E-state index is 5.96. The molecule has 0 aliphatic carbocycles. The largest absolute Gasteiger partial charge is 0.488 e. The maximum absolute atomic E-state index is 5.96. The van der Waals surface area contributed by atoms with E-state index in [0.717, 1.165) is 5.56 Å². The van der Waals surface area contributed by atoms with E-state index in [1.807, 2.05) is 25.1 Å². The molecule has 0 atom stereocenters. The third-order valence-electron chi connectivity index (χ3n) is 2.69. The predicted octanol–water partition coefficient (Wildman–Crippen LogP) is 3.86. The molecule has 4 heteroatoms. The minimum absolute atomic E-state index is 0.302. The van der Waals surface area contributed by atoms with Crippen LogP contribution in [0.25, 0.3) is 0 Å². The second kappa shape index (κ2) is 6.04. The van der Waals surface area contributed by atoms with Crippen LogP contribution in [0.15, 0.2) is 42.5 Å². The van der Waals surface area contributed by atoms with Crippen LogP contribution in [0, 0.1) is 6.92 Å². The molecule has 19 heavy (non-hydrogen) atoms. The number of benzene rings is 2. The lowest BCUT2D eigenvalue weighted by atomic mass is 10.1. The first-order valence-corrected chi connectivity index (χ1v) is 6.62. The van der Waals surface area contributed by atoms with E-state index >= 15 is 0 Å². The molecule has 2 aromatic rings. The number of thiocarbonyl (C=S) groups is 1. The summed E-state index contributed by atoms with van der Waals surface area (Å²) in [6.07, 6.45) is 0. The molecule has 0 aromatic heterocycles.